The maximum Gasteiger partial charge on any atom is 0.211 e. The summed E-state index contributed by atoms with van der Waals surface area (Å²) in [5.74, 6) is -0.262. The van der Waals surface area contributed by atoms with Crippen molar-refractivity contribution in [3.05, 3.63) is 34.6 Å². The molecule has 0 unspecified atom stereocenters. The van der Waals surface area contributed by atoms with E-state index in [1.54, 1.807) is 26.0 Å². The zero-order valence-corrected chi connectivity index (χ0v) is 12.1. The Morgan fingerprint density at radius 3 is 2.32 bits per heavy atom. The molecule has 4 nitrogen and oxygen atoms in total. The number of aryl methyl sites for hydroxylation is 2. The van der Waals surface area contributed by atoms with Crippen LogP contribution >= 0.6 is 0 Å². The summed E-state index contributed by atoms with van der Waals surface area (Å²) >= 11 is 0. The highest BCUT2D eigenvalue weighted by Crippen LogP contribution is 2.14. The van der Waals surface area contributed by atoms with Crippen molar-refractivity contribution in [2.45, 2.75) is 33.2 Å². The van der Waals surface area contributed by atoms with Crippen LogP contribution in [0.25, 0.3) is 0 Å². The van der Waals surface area contributed by atoms with E-state index in [0.29, 0.717) is 24.0 Å². The minimum atomic E-state index is -3.34. The molecule has 0 heterocycles. The second-order valence-corrected chi connectivity index (χ2v) is 6.54. The van der Waals surface area contributed by atoms with Crippen LogP contribution in [0.4, 0.5) is 4.39 Å². The van der Waals surface area contributed by atoms with Gasteiger partial charge >= 0.3 is 0 Å². The van der Waals surface area contributed by atoms with Gasteiger partial charge in [0, 0.05) is 13.2 Å². The topological polar surface area (TPSA) is 66.4 Å². The predicted octanol–water partition coefficient (Wildman–Crippen LogP) is 1.63. The van der Waals surface area contributed by atoms with Crippen molar-refractivity contribution >= 4 is 10.0 Å². The van der Waals surface area contributed by atoms with E-state index in [2.05, 4.69) is 4.72 Å². The molecule has 2 N–H and O–H groups in total. The average molecular weight is 289 g/mol. The monoisotopic (exact) mass is 289 g/mol. The number of hydrogen-bond donors (Lipinski definition) is 2. The fourth-order valence-electron chi connectivity index (χ4n) is 1.81. The van der Waals surface area contributed by atoms with Gasteiger partial charge in [-0.2, -0.15) is 0 Å². The third kappa shape index (κ3) is 5.26. The van der Waals surface area contributed by atoms with E-state index >= 15 is 0 Å². The van der Waals surface area contributed by atoms with Crippen molar-refractivity contribution in [2.75, 3.05) is 12.4 Å². The van der Waals surface area contributed by atoms with Crippen LogP contribution in [0, 0.1) is 19.7 Å². The molecule has 0 saturated heterocycles. The van der Waals surface area contributed by atoms with Gasteiger partial charge in [-0.05, 0) is 43.4 Å². The summed E-state index contributed by atoms with van der Waals surface area (Å²) in [6, 6.07) is 3.27. The van der Waals surface area contributed by atoms with E-state index in [9.17, 15) is 12.8 Å². The summed E-state index contributed by atoms with van der Waals surface area (Å²) in [5.41, 5.74) is 1.76. The Morgan fingerprint density at radius 2 is 1.79 bits per heavy atom. The SMILES string of the molecule is Cc1cc(CNS(=O)(=O)CCCCO)cc(C)c1F. The largest absolute Gasteiger partial charge is 0.396 e. The first-order chi connectivity index (χ1) is 8.85. The van der Waals surface area contributed by atoms with Gasteiger partial charge in [-0.1, -0.05) is 12.1 Å². The first-order valence-electron chi connectivity index (χ1n) is 6.19. The van der Waals surface area contributed by atoms with Gasteiger partial charge in [-0.15, -0.1) is 0 Å². The van der Waals surface area contributed by atoms with Gasteiger partial charge in [0.05, 0.1) is 5.75 Å². The number of rotatable bonds is 7. The number of unbranched alkanes of at least 4 members (excludes halogenated alkanes) is 1. The van der Waals surface area contributed by atoms with Crippen LogP contribution in [0.5, 0.6) is 0 Å². The lowest BCUT2D eigenvalue weighted by Gasteiger charge is -2.09. The van der Waals surface area contributed by atoms with E-state index in [1.807, 2.05) is 0 Å². The lowest BCUT2D eigenvalue weighted by atomic mass is 10.1. The van der Waals surface area contributed by atoms with Gasteiger partial charge in [-0.3, -0.25) is 0 Å². The third-order valence-corrected chi connectivity index (χ3v) is 4.22. The smallest absolute Gasteiger partial charge is 0.211 e. The quantitative estimate of drug-likeness (QED) is 0.750. The Hall–Kier alpha value is -0.980. The van der Waals surface area contributed by atoms with Gasteiger partial charge in [0.2, 0.25) is 10.0 Å². The molecule has 0 aromatic heterocycles. The third-order valence-electron chi connectivity index (χ3n) is 2.81. The molecule has 0 aliphatic rings. The Bertz CT molecular complexity index is 506. The van der Waals surface area contributed by atoms with Gasteiger partial charge in [0.25, 0.3) is 0 Å². The minimum Gasteiger partial charge on any atom is -0.396 e. The maximum atomic E-state index is 13.4. The van der Waals surface area contributed by atoms with Gasteiger partial charge < -0.3 is 5.11 Å². The molecule has 0 saturated carbocycles. The van der Waals surface area contributed by atoms with Crippen molar-refractivity contribution < 1.29 is 17.9 Å². The molecule has 1 aromatic rings. The Morgan fingerprint density at radius 1 is 1.21 bits per heavy atom. The van der Waals surface area contributed by atoms with Crippen molar-refractivity contribution in [1.29, 1.82) is 0 Å². The van der Waals surface area contributed by atoms with Gasteiger partial charge in [0.15, 0.2) is 0 Å². The molecule has 0 aliphatic carbocycles. The average Bonchev–Trinajstić information content (AvgIpc) is 2.33. The van der Waals surface area contributed by atoms with Crippen molar-refractivity contribution in [3.63, 3.8) is 0 Å². The Balaban J connectivity index is 2.61. The molecule has 1 aromatic carbocycles. The standard InChI is InChI=1S/C13H20FNO3S/c1-10-7-12(8-11(2)13(10)14)9-15-19(17,18)6-4-3-5-16/h7-8,15-16H,3-6,9H2,1-2H3. The number of halogens is 1. The Labute approximate surface area is 113 Å². The molecule has 19 heavy (non-hydrogen) atoms. The first kappa shape index (κ1) is 16.1. The molecule has 0 fully saturated rings. The van der Waals surface area contributed by atoms with E-state index in [1.165, 1.54) is 0 Å². The zero-order chi connectivity index (χ0) is 14.5. The van der Waals surface area contributed by atoms with Gasteiger partial charge in [0.1, 0.15) is 5.82 Å². The summed E-state index contributed by atoms with van der Waals surface area (Å²) < 4.78 is 39.2. The van der Waals surface area contributed by atoms with E-state index < -0.39 is 10.0 Å². The number of sulfonamides is 1. The van der Waals surface area contributed by atoms with Crippen molar-refractivity contribution in [1.82, 2.24) is 4.72 Å². The number of aliphatic hydroxyl groups is 1. The Kier molecular flexibility index (Phi) is 5.90. The molecule has 0 bridgehead atoms. The van der Waals surface area contributed by atoms with Crippen LogP contribution in [0.15, 0.2) is 12.1 Å². The number of hydrogen-bond acceptors (Lipinski definition) is 3. The van der Waals surface area contributed by atoms with Crippen LogP contribution in [0.1, 0.15) is 29.5 Å². The molecule has 0 spiro atoms. The molecule has 0 amide bonds. The molecular weight excluding hydrogens is 269 g/mol. The molecule has 0 atom stereocenters. The maximum absolute atomic E-state index is 13.4. The summed E-state index contributed by atoms with van der Waals surface area (Å²) in [6.45, 7) is 3.46. The summed E-state index contributed by atoms with van der Waals surface area (Å²) in [7, 11) is -3.34. The van der Waals surface area contributed by atoms with E-state index in [4.69, 9.17) is 5.11 Å². The zero-order valence-electron chi connectivity index (χ0n) is 11.2. The van der Waals surface area contributed by atoms with E-state index in [0.717, 1.165) is 5.56 Å². The van der Waals surface area contributed by atoms with Crippen LogP contribution in [0.2, 0.25) is 0 Å². The lowest BCUT2D eigenvalue weighted by Crippen LogP contribution is -2.26. The minimum absolute atomic E-state index is 0.00722. The number of aliphatic hydroxyl groups excluding tert-OH is 1. The lowest BCUT2D eigenvalue weighted by molar-refractivity contribution is 0.287. The van der Waals surface area contributed by atoms with Crippen LogP contribution in [-0.4, -0.2) is 25.9 Å². The first-order valence-corrected chi connectivity index (χ1v) is 7.85. The fourth-order valence-corrected chi connectivity index (χ4v) is 2.92. The fraction of sp³-hybridized carbons (Fsp3) is 0.538. The van der Waals surface area contributed by atoms with Crippen molar-refractivity contribution in [2.24, 2.45) is 0 Å². The van der Waals surface area contributed by atoms with Gasteiger partial charge in [-0.25, -0.2) is 17.5 Å². The molecule has 1 rings (SSSR count). The van der Waals surface area contributed by atoms with Crippen LogP contribution in [0.3, 0.4) is 0 Å². The molecule has 6 heteroatoms. The molecule has 108 valence electrons. The van der Waals surface area contributed by atoms with Crippen LogP contribution < -0.4 is 4.72 Å². The summed E-state index contributed by atoms with van der Waals surface area (Å²) in [5, 5.41) is 8.61. The highest BCUT2D eigenvalue weighted by atomic mass is 32.2. The molecule has 0 aliphatic heterocycles. The van der Waals surface area contributed by atoms with E-state index in [-0.39, 0.29) is 24.7 Å². The second kappa shape index (κ2) is 6.98. The highest BCUT2D eigenvalue weighted by Gasteiger charge is 2.10. The number of nitrogens with one attached hydrogen (secondary N) is 1. The van der Waals surface area contributed by atoms with Crippen molar-refractivity contribution in [3.8, 4) is 0 Å². The second-order valence-electron chi connectivity index (χ2n) is 4.61. The normalized spacial score (nSPS) is 11.8. The molecule has 0 radical (unpaired) electrons. The van der Waals surface area contributed by atoms with Crippen LogP contribution in [-0.2, 0) is 16.6 Å². The number of benzene rings is 1. The summed E-state index contributed by atoms with van der Waals surface area (Å²) in [4.78, 5) is 0. The highest BCUT2D eigenvalue weighted by molar-refractivity contribution is 7.89. The molecular formula is C13H20FNO3S. The predicted molar refractivity (Wildman–Crippen MR) is 72.8 cm³/mol. The summed E-state index contributed by atoms with van der Waals surface area (Å²) in [6.07, 6.45) is 0.892.